The Balaban J connectivity index is 2.54. The van der Waals surface area contributed by atoms with Crippen LogP contribution in [0.15, 0.2) is 30.9 Å². The third-order valence-electron chi connectivity index (χ3n) is 2.28. The van der Waals surface area contributed by atoms with E-state index in [4.69, 9.17) is 0 Å². The van der Waals surface area contributed by atoms with Gasteiger partial charge in [0.15, 0.2) is 0 Å². The van der Waals surface area contributed by atoms with Crippen LogP contribution in [-0.4, -0.2) is 14.5 Å². The van der Waals surface area contributed by atoms with Gasteiger partial charge >= 0.3 is 0 Å². The second kappa shape index (κ2) is 3.62. The molecule has 72 valence electrons. The van der Waals surface area contributed by atoms with Crippen LogP contribution in [0.2, 0.25) is 0 Å². The van der Waals surface area contributed by atoms with Gasteiger partial charge in [0.2, 0.25) is 0 Å². The maximum absolute atomic E-state index is 4.29. The fourth-order valence-electron chi connectivity index (χ4n) is 1.55. The molecule has 0 radical (unpaired) electrons. The van der Waals surface area contributed by atoms with Crippen molar-refractivity contribution in [3.8, 4) is 5.69 Å². The lowest BCUT2D eigenvalue weighted by Gasteiger charge is -2.08. The summed E-state index contributed by atoms with van der Waals surface area (Å²) in [6.07, 6.45) is 8.44. The van der Waals surface area contributed by atoms with Crippen LogP contribution in [0.4, 0.5) is 0 Å². The molecule has 0 fully saturated rings. The van der Waals surface area contributed by atoms with Crippen LogP contribution in [0.5, 0.6) is 0 Å². The molecule has 2 aromatic rings. The molecule has 14 heavy (non-hydrogen) atoms. The van der Waals surface area contributed by atoms with Crippen LogP contribution >= 0.6 is 0 Å². The fourth-order valence-corrected chi connectivity index (χ4v) is 1.55. The summed E-state index contributed by atoms with van der Waals surface area (Å²) in [5, 5.41) is 0. The van der Waals surface area contributed by atoms with Crippen LogP contribution in [-0.2, 0) is 6.42 Å². The van der Waals surface area contributed by atoms with Crippen LogP contribution in [0.3, 0.4) is 0 Å². The molecule has 3 heteroatoms. The molecule has 0 atom stereocenters. The summed E-state index contributed by atoms with van der Waals surface area (Å²) in [7, 11) is 0. The number of hydrogen-bond acceptors (Lipinski definition) is 2. The van der Waals surface area contributed by atoms with E-state index in [1.54, 1.807) is 0 Å². The lowest BCUT2D eigenvalue weighted by molar-refractivity contribution is 0.883. The molecule has 0 aromatic carbocycles. The van der Waals surface area contributed by atoms with Crippen molar-refractivity contribution in [2.24, 2.45) is 0 Å². The van der Waals surface area contributed by atoms with E-state index in [1.807, 2.05) is 30.9 Å². The highest BCUT2D eigenvalue weighted by molar-refractivity contribution is 5.38. The summed E-state index contributed by atoms with van der Waals surface area (Å²) in [5.41, 5.74) is 2.33. The molecule has 0 unspecified atom stereocenters. The van der Waals surface area contributed by atoms with Gasteiger partial charge in [0.25, 0.3) is 0 Å². The van der Waals surface area contributed by atoms with Crippen molar-refractivity contribution >= 4 is 0 Å². The Hall–Kier alpha value is -1.64. The van der Waals surface area contributed by atoms with Crippen molar-refractivity contribution in [1.82, 2.24) is 14.5 Å². The van der Waals surface area contributed by atoms with Gasteiger partial charge in [0.1, 0.15) is 5.82 Å². The van der Waals surface area contributed by atoms with Crippen LogP contribution in [0.1, 0.15) is 18.3 Å². The number of rotatable bonds is 2. The molecule has 2 rings (SSSR count). The van der Waals surface area contributed by atoms with E-state index in [9.17, 15) is 0 Å². The van der Waals surface area contributed by atoms with E-state index in [1.165, 1.54) is 5.56 Å². The van der Waals surface area contributed by atoms with Gasteiger partial charge in [-0.15, -0.1) is 0 Å². The van der Waals surface area contributed by atoms with Gasteiger partial charge in [-0.1, -0.05) is 6.92 Å². The largest absolute Gasteiger partial charge is 0.303 e. The van der Waals surface area contributed by atoms with Crippen molar-refractivity contribution in [3.63, 3.8) is 0 Å². The second-order valence-corrected chi connectivity index (χ2v) is 3.23. The zero-order valence-electron chi connectivity index (χ0n) is 8.44. The molecule has 0 saturated heterocycles. The minimum Gasteiger partial charge on any atom is -0.303 e. The van der Waals surface area contributed by atoms with E-state index >= 15 is 0 Å². The Labute approximate surface area is 83.4 Å². The highest BCUT2D eigenvalue weighted by Gasteiger charge is 2.04. The van der Waals surface area contributed by atoms with Crippen LogP contribution in [0, 0.1) is 6.92 Å². The van der Waals surface area contributed by atoms with Crippen LogP contribution in [0.25, 0.3) is 5.69 Å². The molecule has 2 heterocycles. The first-order chi connectivity index (χ1) is 6.83. The Morgan fingerprint density at radius 1 is 1.36 bits per heavy atom. The predicted octanol–water partition coefficient (Wildman–Crippen LogP) is 2.14. The van der Waals surface area contributed by atoms with E-state index < -0.39 is 0 Å². The summed E-state index contributed by atoms with van der Waals surface area (Å²) >= 11 is 0. The molecule has 0 amide bonds. The third-order valence-corrected chi connectivity index (χ3v) is 2.28. The SMILES string of the molecule is CCc1nccn1-c1ccncc1C. The van der Waals surface area contributed by atoms with Crippen LogP contribution < -0.4 is 0 Å². The summed E-state index contributed by atoms with van der Waals surface area (Å²) in [5.74, 6) is 1.08. The Bertz CT molecular complexity index is 432. The number of pyridine rings is 1. The minimum absolute atomic E-state index is 0.939. The summed E-state index contributed by atoms with van der Waals surface area (Å²) < 4.78 is 2.11. The third kappa shape index (κ3) is 1.41. The first-order valence-electron chi connectivity index (χ1n) is 4.76. The van der Waals surface area contributed by atoms with E-state index in [0.717, 1.165) is 17.9 Å². The number of aromatic nitrogens is 3. The maximum Gasteiger partial charge on any atom is 0.112 e. The average molecular weight is 187 g/mol. The summed E-state index contributed by atoms with van der Waals surface area (Å²) in [6.45, 7) is 4.16. The molecule has 0 aliphatic carbocycles. The van der Waals surface area contributed by atoms with Gasteiger partial charge < -0.3 is 4.57 Å². The number of hydrogen-bond donors (Lipinski definition) is 0. The lowest BCUT2D eigenvalue weighted by Crippen LogP contribution is -2.01. The lowest BCUT2D eigenvalue weighted by atomic mass is 10.2. The molecular weight excluding hydrogens is 174 g/mol. The highest BCUT2D eigenvalue weighted by atomic mass is 15.1. The average Bonchev–Trinajstić information content (AvgIpc) is 2.66. The minimum atomic E-state index is 0.939. The normalized spacial score (nSPS) is 10.4. The van der Waals surface area contributed by atoms with Crippen molar-refractivity contribution < 1.29 is 0 Å². The molecule has 2 aromatic heterocycles. The smallest absolute Gasteiger partial charge is 0.112 e. The van der Waals surface area contributed by atoms with Gasteiger partial charge in [0, 0.05) is 31.2 Å². The van der Waals surface area contributed by atoms with E-state index in [-0.39, 0.29) is 0 Å². The van der Waals surface area contributed by atoms with E-state index in [0.29, 0.717) is 0 Å². The zero-order valence-corrected chi connectivity index (χ0v) is 8.44. The van der Waals surface area contributed by atoms with Gasteiger partial charge in [-0.3, -0.25) is 4.98 Å². The van der Waals surface area contributed by atoms with Crippen molar-refractivity contribution in [2.45, 2.75) is 20.3 Å². The van der Waals surface area contributed by atoms with Gasteiger partial charge in [-0.25, -0.2) is 4.98 Å². The Kier molecular flexibility index (Phi) is 2.31. The van der Waals surface area contributed by atoms with Gasteiger partial charge in [-0.05, 0) is 18.6 Å². The predicted molar refractivity (Wildman–Crippen MR) is 55.5 cm³/mol. The number of aryl methyl sites for hydroxylation is 2. The number of nitrogens with zero attached hydrogens (tertiary/aromatic N) is 3. The summed E-state index contributed by atoms with van der Waals surface area (Å²) in [6, 6.07) is 2.01. The Morgan fingerprint density at radius 3 is 2.93 bits per heavy atom. The molecule has 3 nitrogen and oxygen atoms in total. The topological polar surface area (TPSA) is 30.7 Å². The monoisotopic (exact) mass is 187 g/mol. The highest BCUT2D eigenvalue weighted by Crippen LogP contribution is 2.14. The molecular formula is C11H13N3. The van der Waals surface area contributed by atoms with Gasteiger partial charge in [0.05, 0.1) is 5.69 Å². The molecule has 0 aliphatic heterocycles. The molecule has 0 bridgehead atoms. The number of imidazole rings is 1. The van der Waals surface area contributed by atoms with Crippen molar-refractivity contribution in [2.75, 3.05) is 0 Å². The quantitative estimate of drug-likeness (QED) is 0.721. The molecule has 0 saturated carbocycles. The fraction of sp³-hybridized carbons (Fsp3) is 0.273. The van der Waals surface area contributed by atoms with Crippen molar-refractivity contribution in [1.29, 1.82) is 0 Å². The van der Waals surface area contributed by atoms with Crippen molar-refractivity contribution in [3.05, 3.63) is 42.2 Å². The zero-order chi connectivity index (χ0) is 9.97. The molecule has 0 spiro atoms. The van der Waals surface area contributed by atoms with E-state index in [2.05, 4.69) is 28.4 Å². The molecule has 0 N–H and O–H groups in total. The Morgan fingerprint density at radius 2 is 2.21 bits per heavy atom. The maximum atomic E-state index is 4.29. The summed E-state index contributed by atoms with van der Waals surface area (Å²) in [4.78, 5) is 8.37. The standard InChI is InChI=1S/C11H13N3/c1-3-11-13-6-7-14(11)10-4-5-12-8-9(10)2/h4-8H,3H2,1-2H3. The second-order valence-electron chi connectivity index (χ2n) is 3.23. The first kappa shape index (κ1) is 8.94. The van der Waals surface area contributed by atoms with Gasteiger partial charge in [-0.2, -0.15) is 0 Å². The molecule has 0 aliphatic rings. The first-order valence-corrected chi connectivity index (χ1v) is 4.76.